The van der Waals surface area contributed by atoms with Gasteiger partial charge in [-0.1, -0.05) is 29.8 Å². The molecule has 1 atom stereocenters. The molecule has 6 nitrogen and oxygen atoms in total. The molecule has 0 radical (unpaired) electrons. The molecule has 1 aliphatic heterocycles. The molecule has 0 aliphatic carbocycles. The normalized spacial score (nSPS) is 17.6. The number of hydrogen-bond acceptors (Lipinski definition) is 5. The SMILES string of the molecule is CC(C)Oc1ccc([C@@H]2C(=C(O)c3ccc(Cl)cc3)C(=O)C(=O)N2Cc2cccnc2)cc1. The second-order valence-corrected chi connectivity index (χ2v) is 8.47. The summed E-state index contributed by atoms with van der Waals surface area (Å²) in [6.45, 7) is 4.04. The van der Waals surface area contributed by atoms with Crippen molar-refractivity contribution >= 4 is 29.1 Å². The second kappa shape index (κ2) is 9.46. The minimum Gasteiger partial charge on any atom is -0.507 e. The van der Waals surface area contributed by atoms with Crippen LogP contribution in [0.2, 0.25) is 5.02 Å². The Kier molecular flexibility index (Phi) is 6.47. The molecule has 2 heterocycles. The molecular formula is C26H23ClN2O4. The number of amides is 1. The number of carbonyl (C=O) groups excluding carboxylic acids is 2. The van der Waals surface area contributed by atoms with Gasteiger partial charge in [-0.3, -0.25) is 14.6 Å². The summed E-state index contributed by atoms with van der Waals surface area (Å²) in [4.78, 5) is 31.7. The number of ketones is 1. The first-order valence-corrected chi connectivity index (χ1v) is 10.9. The number of ether oxygens (including phenoxy) is 1. The average molecular weight is 463 g/mol. The first-order valence-electron chi connectivity index (χ1n) is 10.5. The number of aliphatic hydroxyl groups is 1. The Bertz CT molecular complexity index is 1190. The van der Waals surface area contributed by atoms with Gasteiger partial charge < -0.3 is 14.7 Å². The van der Waals surface area contributed by atoms with Crippen molar-refractivity contribution in [2.45, 2.75) is 32.5 Å². The zero-order valence-electron chi connectivity index (χ0n) is 18.2. The van der Waals surface area contributed by atoms with Gasteiger partial charge in [0, 0.05) is 29.5 Å². The third-order valence-electron chi connectivity index (χ3n) is 5.30. The van der Waals surface area contributed by atoms with Crippen LogP contribution in [0.3, 0.4) is 0 Å². The number of carbonyl (C=O) groups is 2. The standard InChI is InChI=1S/C26H23ClN2O4/c1-16(2)33-21-11-7-18(8-12-21)23-22(24(30)19-5-9-20(27)10-6-19)25(31)26(32)29(23)15-17-4-3-13-28-14-17/h3-14,16,23,30H,15H2,1-2H3/t23-/m1/s1. The smallest absolute Gasteiger partial charge is 0.295 e. The molecule has 33 heavy (non-hydrogen) atoms. The summed E-state index contributed by atoms with van der Waals surface area (Å²) in [5.41, 5.74) is 1.90. The van der Waals surface area contributed by atoms with Crippen LogP contribution in [0.5, 0.6) is 5.75 Å². The first kappa shape index (κ1) is 22.6. The third kappa shape index (κ3) is 4.76. The number of rotatable bonds is 6. The molecule has 1 aromatic heterocycles. The maximum atomic E-state index is 13.1. The molecule has 1 N–H and O–H groups in total. The van der Waals surface area contributed by atoms with Crippen LogP contribution in [0.4, 0.5) is 0 Å². The van der Waals surface area contributed by atoms with E-state index < -0.39 is 17.7 Å². The third-order valence-corrected chi connectivity index (χ3v) is 5.55. The predicted octanol–water partition coefficient (Wildman–Crippen LogP) is 5.14. The number of nitrogens with zero attached hydrogens (tertiary/aromatic N) is 2. The zero-order valence-corrected chi connectivity index (χ0v) is 19.0. The lowest BCUT2D eigenvalue weighted by molar-refractivity contribution is -0.140. The Morgan fingerprint density at radius 1 is 1.09 bits per heavy atom. The van der Waals surface area contributed by atoms with E-state index in [0.717, 1.165) is 5.56 Å². The molecule has 1 amide bonds. The van der Waals surface area contributed by atoms with E-state index in [1.165, 1.54) is 4.90 Å². The maximum absolute atomic E-state index is 13.1. The predicted molar refractivity (Wildman–Crippen MR) is 126 cm³/mol. The van der Waals surface area contributed by atoms with Crippen LogP contribution in [0, 0.1) is 0 Å². The van der Waals surface area contributed by atoms with Gasteiger partial charge in [0.2, 0.25) is 0 Å². The fourth-order valence-electron chi connectivity index (χ4n) is 3.84. The van der Waals surface area contributed by atoms with E-state index >= 15 is 0 Å². The summed E-state index contributed by atoms with van der Waals surface area (Å²) in [5, 5.41) is 11.6. The van der Waals surface area contributed by atoms with Gasteiger partial charge in [-0.25, -0.2) is 0 Å². The van der Waals surface area contributed by atoms with Crippen LogP contribution in [0.1, 0.15) is 36.6 Å². The van der Waals surface area contributed by atoms with Crippen LogP contribution >= 0.6 is 11.6 Å². The lowest BCUT2D eigenvalue weighted by Crippen LogP contribution is -2.29. The molecule has 0 saturated carbocycles. The van der Waals surface area contributed by atoms with Gasteiger partial charge in [0.25, 0.3) is 11.7 Å². The Labute approximate surface area is 197 Å². The molecule has 0 unspecified atom stereocenters. The van der Waals surface area contributed by atoms with Gasteiger partial charge in [0.1, 0.15) is 11.5 Å². The summed E-state index contributed by atoms with van der Waals surface area (Å²) < 4.78 is 5.72. The van der Waals surface area contributed by atoms with Crippen LogP contribution in [0.25, 0.3) is 5.76 Å². The van der Waals surface area contributed by atoms with Gasteiger partial charge in [0.15, 0.2) is 0 Å². The number of pyridine rings is 1. The number of benzene rings is 2. The molecule has 2 aromatic carbocycles. The zero-order chi connectivity index (χ0) is 23.5. The van der Waals surface area contributed by atoms with E-state index in [4.69, 9.17) is 16.3 Å². The number of Topliss-reactive ketones (excluding diaryl/α,β-unsaturated/α-hetero) is 1. The number of halogens is 1. The van der Waals surface area contributed by atoms with Gasteiger partial charge in [-0.15, -0.1) is 0 Å². The van der Waals surface area contributed by atoms with E-state index in [2.05, 4.69) is 4.98 Å². The van der Waals surface area contributed by atoms with Crippen LogP contribution in [-0.4, -0.2) is 32.8 Å². The van der Waals surface area contributed by atoms with E-state index in [1.54, 1.807) is 67.0 Å². The quantitative estimate of drug-likeness (QED) is 0.311. The van der Waals surface area contributed by atoms with Crippen molar-refractivity contribution in [3.63, 3.8) is 0 Å². The van der Waals surface area contributed by atoms with Gasteiger partial charge in [-0.2, -0.15) is 0 Å². The van der Waals surface area contributed by atoms with Crippen molar-refractivity contribution in [1.29, 1.82) is 0 Å². The molecule has 0 bridgehead atoms. The Morgan fingerprint density at radius 3 is 2.39 bits per heavy atom. The van der Waals surface area contributed by atoms with Crippen molar-refractivity contribution in [2.24, 2.45) is 0 Å². The highest BCUT2D eigenvalue weighted by Gasteiger charge is 2.46. The topological polar surface area (TPSA) is 79.7 Å². The number of aliphatic hydroxyl groups excluding tert-OH is 1. The highest BCUT2D eigenvalue weighted by Crippen LogP contribution is 2.40. The summed E-state index contributed by atoms with van der Waals surface area (Å²) in [7, 11) is 0. The van der Waals surface area contributed by atoms with Crippen molar-refractivity contribution in [3.05, 3.63) is 100 Å². The Hall–Kier alpha value is -3.64. The lowest BCUT2D eigenvalue weighted by atomic mass is 9.95. The fraction of sp³-hybridized carbons (Fsp3) is 0.192. The lowest BCUT2D eigenvalue weighted by Gasteiger charge is -2.25. The van der Waals surface area contributed by atoms with Crippen LogP contribution in [-0.2, 0) is 16.1 Å². The number of likely N-dealkylation sites (tertiary alicyclic amines) is 1. The van der Waals surface area contributed by atoms with Crippen LogP contribution in [0.15, 0.2) is 78.6 Å². The maximum Gasteiger partial charge on any atom is 0.295 e. The highest BCUT2D eigenvalue weighted by molar-refractivity contribution is 6.46. The first-order chi connectivity index (χ1) is 15.8. The average Bonchev–Trinajstić information content (AvgIpc) is 3.05. The molecule has 3 aromatic rings. The minimum atomic E-state index is -0.769. The van der Waals surface area contributed by atoms with Crippen molar-refractivity contribution in [3.8, 4) is 5.75 Å². The van der Waals surface area contributed by atoms with Crippen molar-refractivity contribution in [2.75, 3.05) is 0 Å². The second-order valence-electron chi connectivity index (χ2n) is 8.03. The van der Waals surface area contributed by atoms with E-state index in [9.17, 15) is 14.7 Å². The fourth-order valence-corrected chi connectivity index (χ4v) is 3.97. The van der Waals surface area contributed by atoms with Gasteiger partial charge in [0.05, 0.1) is 17.7 Å². The highest BCUT2D eigenvalue weighted by atomic mass is 35.5. The Morgan fingerprint density at radius 2 is 1.79 bits per heavy atom. The Balaban J connectivity index is 1.81. The minimum absolute atomic E-state index is 0.0111. The molecule has 0 spiro atoms. The monoisotopic (exact) mass is 462 g/mol. The number of hydrogen-bond donors (Lipinski definition) is 1. The molecule has 1 saturated heterocycles. The number of aromatic nitrogens is 1. The van der Waals surface area contributed by atoms with E-state index in [1.807, 2.05) is 19.9 Å². The van der Waals surface area contributed by atoms with Crippen LogP contribution < -0.4 is 4.74 Å². The molecule has 4 rings (SSSR count). The molecule has 7 heteroatoms. The van der Waals surface area contributed by atoms with E-state index in [0.29, 0.717) is 21.9 Å². The molecule has 1 fully saturated rings. The molecular weight excluding hydrogens is 440 g/mol. The van der Waals surface area contributed by atoms with Crippen molar-refractivity contribution in [1.82, 2.24) is 9.88 Å². The molecule has 1 aliphatic rings. The largest absolute Gasteiger partial charge is 0.507 e. The van der Waals surface area contributed by atoms with Gasteiger partial charge >= 0.3 is 0 Å². The summed E-state index contributed by atoms with van der Waals surface area (Å²) >= 11 is 5.97. The van der Waals surface area contributed by atoms with E-state index in [-0.39, 0.29) is 24.0 Å². The summed E-state index contributed by atoms with van der Waals surface area (Å²) in [6, 6.07) is 16.5. The molecule has 168 valence electrons. The summed E-state index contributed by atoms with van der Waals surface area (Å²) in [6.07, 6.45) is 3.30. The van der Waals surface area contributed by atoms with Crippen molar-refractivity contribution < 1.29 is 19.4 Å². The van der Waals surface area contributed by atoms with Gasteiger partial charge in [-0.05, 0) is 67.4 Å². The summed E-state index contributed by atoms with van der Waals surface area (Å²) in [5.74, 6) is -0.984.